The van der Waals surface area contributed by atoms with E-state index >= 15 is 0 Å². The van der Waals surface area contributed by atoms with E-state index in [0.717, 1.165) is 29.9 Å². The van der Waals surface area contributed by atoms with Crippen molar-refractivity contribution in [3.8, 4) is 0 Å². The van der Waals surface area contributed by atoms with Gasteiger partial charge in [-0.15, -0.1) is 0 Å². The Morgan fingerprint density at radius 2 is 1.71 bits per heavy atom. The average Bonchev–Trinajstić information content (AvgIpc) is 3.43. The van der Waals surface area contributed by atoms with Gasteiger partial charge in [0.2, 0.25) is 0 Å². The third-order valence-corrected chi connectivity index (χ3v) is 7.85. The highest BCUT2D eigenvalue weighted by molar-refractivity contribution is 6.09. The van der Waals surface area contributed by atoms with Crippen LogP contribution in [0.5, 0.6) is 0 Å². The molecule has 2 aliphatic carbocycles. The van der Waals surface area contributed by atoms with E-state index in [-0.39, 0.29) is 5.41 Å². The highest BCUT2D eigenvalue weighted by Crippen LogP contribution is 2.45. The molecule has 31 heavy (non-hydrogen) atoms. The lowest BCUT2D eigenvalue weighted by Crippen LogP contribution is -2.10. The molecule has 1 fully saturated rings. The van der Waals surface area contributed by atoms with Crippen molar-refractivity contribution in [2.45, 2.75) is 71.8 Å². The van der Waals surface area contributed by atoms with Gasteiger partial charge >= 0.3 is 0 Å². The molecule has 0 amide bonds. The third kappa shape index (κ3) is 3.77. The Labute approximate surface area is 187 Å². The Balaban J connectivity index is 1.44. The standard InChI is InChI=1S/C30H37N/c1-20(2)22-11-13-28-26(18-22)27-19-25(30(3,4)5)12-14-29(27)31(28)15-7-6-8-23-16-21-9-10-24(23)17-21/h9-14,18-19,21,23-24H,1,6-8,15-17H2,2-5H3. The summed E-state index contributed by atoms with van der Waals surface area (Å²) in [5, 5.41) is 2.77. The zero-order chi connectivity index (χ0) is 21.8. The summed E-state index contributed by atoms with van der Waals surface area (Å²) >= 11 is 0. The molecule has 1 nitrogen and oxygen atoms in total. The number of benzene rings is 2. The lowest BCUT2D eigenvalue weighted by atomic mass is 9.86. The van der Waals surface area contributed by atoms with Gasteiger partial charge in [0.05, 0.1) is 0 Å². The third-order valence-electron chi connectivity index (χ3n) is 7.85. The van der Waals surface area contributed by atoms with Crippen molar-refractivity contribution in [2.75, 3.05) is 0 Å². The summed E-state index contributed by atoms with van der Waals surface area (Å²) in [6.07, 6.45) is 11.8. The zero-order valence-corrected chi connectivity index (χ0v) is 19.7. The summed E-state index contributed by atoms with van der Waals surface area (Å²) in [7, 11) is 0. The molecule has 2 aliphatic rings. The number of unbranched alkanes of at least 4 members (excludes halogenated alkanes) is 1. The number of fused-ring (bicyclic) bond motifs is 5. The predicted octanol–water partition coefficient (Wildman–Crippen LogP) is 8.51. The van der Waals surface area contributed by atoms with E-state index in [1.165, 1.54) is 65.0 Å². The first-order valence-corrected chi connectivity index (χ1v) is 12.2. The van der Waals surface area contributed by atoms with Gasteiger partial charge in [-0.05, 0) is 91.2 Å². The minimum absolute atomic E-state index is 0.156. The van der Waals surface area contributed by atoms with E-state index in [2.05, 4.69) is 87.4 Å². The second kappa shape index (κ2) is 7.69. The summed E-state index contributed by atoms with van der Waals surface area (Å²) in [5.74, 6) is 2.72. The number of hydrogen-bond donors (Lipinski definition) is 0. The summed E-state index contributed by atoms with van der Waals surface area (Å²) < 4.78 is 2.57. The number of aromatic nitrogens is 1. The number of hydrogen-bond acceptors (Lipinski definition) is 0. The predicted molar refractivity (Wildman–Crippen MR) is 136 cm³/mol. The van der Waals surface area contributed by atoms with Gasteiger partial charge in [-0.1, -0.05) is 63.6 Å². The summed E-state index contributed by atoms with van der Waals surface area (Å²) in [6, 6.07) is 14.0. The molecule has 0 spiro atoms. The SMILES string of the molecule is C=C(C)c1ccc2c(c1)c1cc(C(C)(C)C)ccc1n2CCCCC1CC2C=CC1C2. The van der Waals surface area contributed by atoms with Crippen LogP contribution in [0.15, 0.2) is 55.1 Å². The number of nitrogens with zero attached hydrogens (tertiary/aromatic N) is 1. The van der Waals surface area contributed by atoms with Gasteiger partial charge in [-0.25, -0.2) is 0 Å². The molecular weight excluding hydrogens is 374 g/mol. The molecule has 2 aromatic carbocycles. The molecule has 1 saturated carbocycles. The number of aryl methyl sites for hydroxylation is 1. The maximum atomic E-state index is 4.18. The normalized spacial score (nSPS) is 22.8. The quantitative estimate of drug-likeness (QED) is 0.283. The van der Waals surface area contributed by atoms with E-state index < -0.39 is 0 Å². The fourth-order valence-corrected chi connectivity index (χ4v) is 5.98. The van der Waals surface area contributed by atoms with Gasteiger partial charge in [0, 0.05) is 28.4 Å². The highest BCUT2D eigenvalue weighted by Gasteiger charge is 2.34. The fraction of sp³-hybridized carbons (Fsp3) is 0.467. The van der Waals surface area contributed by atoms with Crippen molar-refractivity contribution in [3.63, 3.8) is 0 Å². The van der Waals surface area contributed by atoms with Crippen LogP contribution in [0.4, 0.5) is 0 Å². The molecule has 1 heteroatoms. The molecule has 0 N–H and O–H groups in total. The van der Waals surface area contributed by atoms with Crippen LogP contribution in [0, 0.1) is 17.8 Å². The van der Waals surface area contributed by atoms with Crippen LogP contribution >= 0.6 is 0 Å². The van der Waals surface area contributed by atoms with E-state index in [0.29, 0.717) is 0 Å². The minimum Gasteiger partial charge on any atom is -0.340 e. The molecule has 162 valence electrons. The number of allylic oxidation sites excluding steroid dienone is 3. The largest absolute Gasteiger partial charge is 0.340 e. The van der Waals surface area contributed by atoms with Crippen LogP contribution in [0.2, 0.25) is 0 Å². The molecule has 3 unspecified atom stereocenters. The lowest BCUT2D eigenvalue weighted by molar-refractivity contribution is 0.393. The first-order chi connectivity index (χ1) is 14.8. The van der Waals surface area contributed by atoms with E-state index in [9.17, 15) is 0 Å². The Kier molecular flexibility index (Phi) is 5.12. The van der Waals surface area contributed by atoms with Crippen molar-refractivity contribution < 1.29 is 0 Å². The topological polar surface area (TPSA) is 4.93 Å². The summed E-state index contributed by atoms with van der Waals surface area (Å²) in [4.78, 5) is 0. The van der Waals surface area contributed by atoms with Gasteiger partial charge in [-0.2, -0.15) is 0 Å². The molecule has 0 saturated heterocycles. The highest BCUT2D eigenvalue weighted by atomic mass is 15.0. The maximum Gasteiger partial charge on any atom is 0.0491 e. The molecule has 3 atom stereocenters. The summed E-state index contributed by atoms with van der Waals surface area (Å²) in [5.41, 5.74) is 6.69. The van der Waals surface area contributed by atoms with Gasteiger partial charge in [0.1, 0.15) is 0 Å². The molecule has 5 rings (SSSR count). The molecule has 2 bridgehead atoms. The van der Waals surface area contributed by atoms with Crippen molar-refractivity contribution in [1.82, 2.24) is 4.57 Å². The molecule has 3 aromatic rings. The monoisotopic (exact) mass is 411 g/mol. The van der Waals surface area contributed by atoms with Gasteiger partial charge in [-0.3, -0.25) is 0 Å². The molecule has 0 aliphatic heterocycles. The van der Waals surface area contributed by atoms with E-state index in [4.69, 9.17) is 0 Å². The van der Waals surface area contributed by atoms with Crippen molar-refractivity contribution in [3.05, 3.63) is 66.3 Å². The summed E-state index contributed by atoms with van der Waals surface area (Å²) in [6.45, 7) is 14.3. The minimum atomic E-state index is 0.156. The van der Waals surface area contributed by atoms with Crippen molar-refractivity contribution in [2.24, 2.45) is 17.8 Å². The fourth-order valence-electron chi connectivity index (χ4n) is 5.98. The second-order valence-corrected chi connectivity index (χ2v) is 11.2. The molecule has 1 aromatic heterocycles. The molecular formula is C30H37N. The van der Waals surface area contributed by atoms with Gasteiger partial charge in [0.15, 0.2) is 0 Å². The average molecular weight is 412 g/mol. The molecule has 0 radical (unpaired) electrons. The van der Waals surface area contributed by atoms with Crippen LogP contribution in [0.25, 0.3) is 27.4 Å². The van der Waals surface area contributed by atoms with Crippen LogP contribution < -0.4 is 0 Å². The second-order valence-electron chi connectivity index (χ2n) is 11.2. The Morgan fingerprint density at radius 1 is 0.968 bits per heavy atom. The van der Waals surface area contributed by atoms with Crippen LogP contribution in [-0.2, 0) is 12.0 Å². The van der Waals surface area contributed by atoms with Gasteiger partial charge in [0.25, 0.3) is 0 Å². The van der Waals surface area contributed by atoms with Crippen LogP contribution in [0.3, 0.4) is 0 Å². The first kappa shape index (κ1) is 20.6. The van der Waals surface area contributed by atoms with E-state index in [1.807, 2.05) is 0 Å². The van der Waals surface area contributed by atoms with Crippen LogP contribution in [0.1, 0.15) is 70.9 Å². The van der Waals surface area contributed by atoms with E-state index in [1.54, 1.807) is 0 Å². The first-order valence-electron chi connectivity index (χ1n) is 12.2. The Bertz CT molecular complexity index is 1170. The Hall–Kier alpha value is -2.28. The Morgan fingerprint density at radius 3 is 2.35 bits per heavy atom. The van der Waals surface area contributed by atoms with Gasteiger partial charge < -0.3 is 4.57 Å². The van der Waals surface area contributed by atoms with Crippen LogP contribution in [-0.4, -0.2) is 4.57 Å². The number of rotatable bonds is 6. The zero-order valence-electron chi connectivity index (χ0n) is 19.7. The smallest absolute Gasteiger partial charge is 0.0491 e. The van der Waals surface area contributed by atoms with Crippen molar-refractivity contribution in [1.29, 1.82) is 0 Å². The van der Waals surface area contributed by atoms with Crippen molar-refractivity contribution >= 4 is 27.4 Å². The maximum absolute atomic E-state index is 4.18. The molecule has 1 heterocycles. The lowest BCUT2D eigenvalue weighted by Gasteiger charge is -2.19.